The molecule has 7 heteroatoms. The number of hydrogen-bond donors (Lipinski definition) is 3. The number of β-amino-alcohol motifs (C(OH)–C–C–N with tert-alkyl or cyclic N) is 1. The summed E-state index contributed by atoms with van der Waals surface area (Å²) in [4.78, 5) is 31.2. The van der Waals surface area contributed by atoms with Gasteiger partial charge in [0, 0.05) is 32.0 Å². The Morgan fingerprint density at radius 3 is 2.11 bits per heavy atom. The molecule has 0 radical (unpaired) electrons. The Balaban J connectivity index is 1.18. The Hall–Kier alpha value is -4.46. The van der Waals surface area contributed by atoms with Gasteiger partial charge >= 0.3 is 6.03 Å². The molecule has 1 aliphatic carbocycles. The molecule has 4 aromatic carbocycles. The highest BCUT2D eigenvalue weighted by molar-refractivity contribution is 5.80. The van der Waals surface area contributed by atoms with Gasteiger partial charge in [-0.15, -0.1) is 0 Å². The lowest BCUT2D eigenvalue weighted by Gasteiger charge is -2.28. The zero-order valence-electron chi connectivity index (χ0n) is 25.4. The Morgan fingerprint density at radius 1 is 0.822 bits per heavy atom. The number of benzene rings is 4. The van der Waals surface area contributed by atoms with Crippen molar-refractivity contribution in [2.75, 3.05) is 13.1 Å². The molecule has 1 heterocycles. The fourth-order valence-corrected chi connectivity index (χ4v) is 6.82. The number of urea groups is 1. The molecule has 0 unspecified atom stereocenters. The molecule has 4 aromatic rings. The molecule has 1 aliphatic heterocycles. The largest absolute Gasteiger partial charge is 0.391 e. The zero-order chi connectivity index (χ0) is 31.2. The van der Waals surface area contributed by atoms with E-state index in [1.807, 2.05) is 108 Å². The quantitative estimate of drug-likeness (QED) is 0.214. The number of aliphatic hydroxyl groups is 2. The van der Waals surface area contributed by atoms with Gasteiger partial charge in [-0.05, 0) is 47.1 Å². The van der Waals surface area contributed by atoms with Crippen LogP contribution in [0.15, 0.2) is 115 Å². The van der Waals surface area contributed by atoms with Crippen molar-refractivity contribution in [1.82, 2.24) is 15.1 Å². The topological polar surface area (TPSA) is 93.1 Å². The number of carbonyl (C=O) groups is 2. The summed E-state index contributed by atoms with van der Waals surface area (Å²) in [5, 5.41) is 25.4. The van der Waals surface area contributed by atoms with Gasteiger partial charge in [-0.1, -0.05) is 115 Å². The van der Waals surface area contributed by atoms with E-state index in [0.717, 1.165) is 27.8 Å². The molecule has 3 amide bonds. The van der Waals surface area contributed by atoms with Gasteiger partial charge in [0.2, 0.25) is 5.91 Å². The van der Waals surface area contributed by atoms with Gasteiger partial charge in [0.25, 0.3) is 0 Å². The van der Waals surface area contributed by atoms with E-state index in [9.17, 15) is 19.8 Å². The molecule has 0 saturated carbocycles. The van der Waals surface area contributed by atoms with Crippen LogP contribution in [-0.4, -0.2) is 63.3 Å². The van der Waals surface area contributed by atoms with E-state index < -0.39 is 24.2 Å². The first kappa shape index (κ1) is 30.6. The van der Waals surface area contributed by atoms with E-state index in [1.165, 1.54) is 0 Å². The predicted octanol–water partition coefficient (Wildman–Crippen LogP) is 4.92. The van der Waals surface area contributed by atoms with E-state index >= 15 is 0 Å². The van der Waals surface area contributed by atoms with E-state index in [4.69, 9.17) is 0 Å². The maximum atomic E-state index is 13.8. The molecule has 1 fully saturated rings. The maximum Gasteiger partial charge on any atom is 0.320 e. The molecule has 3 N–H and O–H groups in total. The van der Waals surface area contributed by atoms with E-state index in [0.29, 0.717) is 32.4 Å². The second-order valence-electron chi connectivity index (χ2n) is 12.4. The maximum absolute atomic E-state index is 13.8. The average molecular weight is 604 g/mol. The van der Waals surface area contributed by atoms with Gasteiger partial charge < -0.3 is 25.3 Å². The highest BCUT2D eigenvalue weighted by Crippen LogP contribution is 2.32. The van der Waals surface area contributed by atoms with Crippen LogP contribution in [0.4, 0.5) is 4.79 Å². The lowest BCUT2D eigenvalue weighted by atomic mass is 9.91. The fraction of sp³-hybridized carbons (Fsp3) is 0.316. The lowest BCUT2D eigenvalue weighted by molar-refractivity contribution is -0.127. The van der Waals surface area contributed by atoms with Crippen molar-refractivity contribution in [3.8, 4) is 0 Å². The first-order valence-electron chi connectivity index (χ1n) is 15.9. The molecule has 0 bridgehead atoms. The van der Waals surface area contributed by atoms with Crippen molar-refractivity contribution in [2.45, 2.75) is 56.5 Å². The van der Waals surface area contributed by atoms with Crippen molar-refractivity contribution >= 4 is 11.9 Å². The molecule has 45 heavy (non-hydrogen) atoms. The van der Waals surface area contributed by atoms with E-state index in [2.05, 4.69) is 17.4 Å². The third-order valence-electron chi connectivity index (χ3n) is 9.08. The van der Waals surface area contributed by atoms with Gasteiger partial charge in [0.1, 0.15) is 0 Å². The van der Waals surface area contributed by atoms with Gasteiger partial charge in [0.15, 0.2) is 0 Å². The Bertz CT molecular complexity index is 1570. The van der Waals surface area contributed by atoms with Crippen LogP contribution in [0, 0.1) is 5.92 Å². The van der Waals surface area contributed by atoms with Crippen LogP contribution in [0.5, 0.6) is 0 Å². The molecule has 0 spiro atoms. The summed E-state index contributed by atoms with van der Waals surface area (Å²) < 4.78 is 0. The van der Waals surface area contributed by atoms with Crippen LogP contribution in [0.1, 0.15) is 40.3 Å². The number of hydrogen-bond acceptors (Lipinski definition) is 4. The smallest absolute Gasteiger partial charge is 0.320 e. The summed E-state index contributed by atoms with van der Waals surface area (Å²) in [5.41, 5.74) is 5.15. The van der Waals surface area contributed by atoms with Crippen molar-refractivity contribution in [3.05, 3.63) is 143 Å². The van der Waals surface area contributed by atoms with E-state index in [-0.39, 0.29) is 30.9 Å². The molecule has 7 nitrogen and oxygen atoms in total. The van der Waals surface area contributed by atoms with Gasteiger partial charge in [0.05, 0.1) is 24.3 Å². The first-order chi connectivity index (χ1) is 21.9. The molecule has 0 aromatic heterocycles. The molecule has 6 rings (SSSR count). The number of amides is 3. The number of aliphatic hydroxyl groups excluding tert-OH is 2. The van der Waals surface area contributed by atoms with Crippen molar-refractivity contribution in [1.29, 1.82) is 0 Å². The molecule has 5 atom stereocenters. The minimum Gasteiger partial charge on any atom is -0.391 e. The zero-order valence-corrected chi connectivity index (χ0v) is 25.4. The Kier molecular flexibility index (Phi) is 9.58. The number of nitrogens with zero attached hydrogens (tertiary/aromatic N) is 2. The van der Waals surface area contributed by atoms with Gasteiger partial charge in [-0.25, -0.2) is 4.79 Å². The lowest BCUT2D eigenvalue weighted by Crippen LogP contribution is -2.44. The van der Waals surface area contributed by atoms with Gasteiger partial charge in [-0.3, -0.25) is 4.79 Å². The standard InChI is InChI=1S/C38H41N3O4/c42-33(26-41-32(21-28-14-6-2-7-15-28)25-40(38(41)45)24-29-16-8-3-9-17-29)22-31(20-27-12-4-1-5-13-27)37(44)39-36-34-19-11-10-18-30(34)23-35(36)43/h1-19,31-33,35-36,42-43H,20-26H2,(H,39,44)/t31-,32+,33+,35-,36+/m1/s1. The highest BCUT2D eigenvalue weighted by atomic mass is 16.3. The van der Waals surface area contributed by atoms with Crippen molar-refractivity contribution in [2.24, 2.45) is 5.92 Å². The Labute approximate surface area is 265 Å². The van der Waals surface area contributed by atoms with Gasteiger partial charge in [-0.2, -0.15) is 0 Å². The minimum absolute atomic E-state index is 0.103. The summed E-state index contributed by atoms with van der Waals surface area (Å²) in [6, 6.07) is 36.9. The normalized spacial score (nSPS) is 20.6. The van der Waals surface area contributed by atoms with E-state index in [1.54, 1.807) is 4.90 Å². The summed E-state index contributed by atoms with van der Waals surface area (Å²) in [5.74, 6) is -0.758. The SMILES string of the molecule is O=C(N[C@H]1c2ccccc2C[C@H]1O)[C@H](Cc1ccccc1)C[C@H](O)CN1C(=O)N(Cc2ccccc2)C[C@@H]1Cc1ccccc1. The van der Waals surface area contributed by atoms with Crippen molar-refractivity contribution < 1.29 is 19.8 Å². The molecular weight excluding hydrogens is 562 g/mol. The van der Waals surface area contributed by atoms with Crippen LogP contribution in [0.3, 0.4) is 0 Å². The molecule has 1 saturated heterocycles. The van der Waals surface area contributed by atoms with Crippen LogP contribution >= 0.6 is 0 Å². The number of nitrogens with one attached hydrogen (secondary N) is 1. The van der Waals surface area contributed by atoms with Crippen LogP contribution in [0.2, 0.25) is 0 Å². The second kappa shape index (κ2) is 14.1. The van der Waals surface area contributed by atoms with Crippen molar-refractivity contribution in [3.63, 3.8) is 0 Å². The first-order valence-corrected chi connectivity index (χ1v) is 15.9. The summed E-state index contributed by atoms with van der Waals surface area (Å²) >= 11 is 0. The van der Waals surface area contributed by atoms with Crippen LogP contribution in [0.25, 0.3) is 0 Å². The third kappa shape index (κ3) is 7.44. The molecule has 232 valence electrons. The van der Waals surface area contributed by atoms with Crippen LogP contribution < -0.4 is 5.32 Å². The average Bonchev–Trinajstić information content (AvgIpc) is 3.52. The fourth-order valence-electron chi connectivity index (χ4n) is 6.82. The summed E-state index contributed by atoms with van der Waals surface area (Å²) in [7, 11) is 0. The predicted molar refractivity (Wildman–Crippen MR) is 174 cm³/mol. The number of rotatable bonds is 12. The monoisotopic (exact) mass is 603 g/mol. The second-order valence-corrected chi connectivity index (χ2v) is 12.4. The molecule has 2 aliphatic rings. The number of carbonyl (C=O) groups excluding carboxylic acids is 2. The summed E-state index contributed by atoms with van der Waals surface area (Å²) in [6.07, 6.45) is 0.181. The highest BCUT2D eigenvalue weighted by Gasteiger charge is 2.39. The number of fused-ring (bicyclic) bond motifs is 1. The molecular formula is C38H41N3O4. The summed E-state index contributed by atoms with van der Waals surface area (Å²) in [6.45, 7) is 1.19. The minimum atomic E-state index is -0.913. The van der Waals surface area contributed by atoms with Crippen LogP contribution in [-0.2, 0) is 30.6 Å². The Morgan fingerprint density at radius 2 is 1.42 bits per heavy atom. The third-order valence-corrected chi connectivity index (χ3v) is 9.08.